The predicted molar refractivity (Wildman–Crippen MR) is 82.0 cm³/mol. The first-order chi connectivity index (χ1) is 8.95. The highest BCUT2D eigenvalue weighted by Crippen LogP contribution is 2.32. The molecule has 0 radical (unpaired) electrons. The first kappa shape index (κ1) is 14.5. The SMILES string of the molecule is CC.CC.c1ccc2c(c1)CCc1ccccc1-2. The number of hydrogen-bond acceptors (Lipinski definition) is 0. The second-order valence-electron chi connectivity index (χ2n) is 3.81. The van der Waals surface area contributed by atoms with Crippen molar-refractivity contribution >= 4 is 0 Å². The van der Waals surface area contributed by atoms with Crippen molar-refractivity contribution in [1.82, 2.24) is 0 Å². The molecule has 96 valence electrons. The van der Waals surface area contributed by atoms with Crippen LogP contribution in [0.25, 0.3) is 11.1 Å². The van der Waals surface area contributed by atoms with E-state index in [4.69, 9.17) is 0 Å². The van der Waals surface area contributed by atoms with Crippen LogP contribution in [0.4, 0.5) is 0 Å². The Morgan fingerprint density at radius 3 is 1.28 bits per heavy atom. The van der Waals surface area contributed by atoms with Crippen LogP contribution in [0.1, 0.15) is 38.8 Å². The molecule has 0 aromatic heterocycles. The maximum absolute atomic E-state index is 2.24. The Morgan fingerprint density at radius 1 is 0.556 bits per heavy atom. The van der Waals surface area contributed by atoms with Crippen molar-refractivity contribution < 1.29 is 0 Å². The lowest BCUT2D eigenvalue weighted by molar-refractivity contribution is 0.942. The molecule has 0 N–H and O–H groups in total. The van der Waals surface area contributed by atoms with Gasteiger partial charge in [0, 0.05) is 0 Å². The van der Waals surface area contributed by atoms with Crippen LogP contribution < -0.4 is 0 Å². The molecule has 0 amide bonds. The van der Waals surface area contributed by atoms with E-state index >= 15 is 0 Å². The normalized spacial score (nSPS) is 10.9. The van der Waals surface area contributed by atoms with Crippen LogP contribution in [0.3, 0.4) is 0 Å². The Kier molecular flexibility index (Phi) is 6.21. The molecular weight excluding hydrogens is 216 g/mol. The maximum Gasteiger partial charge on any atom is -0.0149 e. The topological polar surface area (TPSA) is 0 Å². The van der Waals surface area contributed by atoms with Crippen molar-refractivity contribution in [2.75, 3.05) is 0 Å². The summed E-state index contributed by atoms with van der Waals surface area (Å²) in [5, 5.41) is 0. The van der Waals surface area contributed by atoms with E-state index in [1.165, 1.54) is 35.1 Å². The molecule has 1 aliphatic rings. The Balaban J connectivity index is 0.000000371. The van der Waals surface area contributed by atoms with Gasteiger partial charge in [-0.05, 0) is 35.1 Å². The van der Waals surface area contributed by atoms with Crippen LogP contribution in [0.2, 0.25) is 0 Å². The molecule has 2 aromatic carbocycles. The summed E-state index contributed by atoms with van der Waals surface area (Å²) in [5.74, 6) is 0. The fraction of sp³-hybridized carbons (Fsp3) is 0.333. The second-order valence-corrected chi connectivity index (χ2v) is 3.81. The predicted octanol–water partition coefficient (Wildman–Crippen LogP) is 5.50. The van der Waals surface area contributed by atoms with E-state index in [0.717, 1.165) is 0 Å². The van der Waals surface area contributed by atoms with E-state index in [0.29, 0.717) is 0 Å². The number of aryl methyl sites for hydroxylation is 2. The van der Waals surface area contributed by atoms with E-state index in [9.17, 15) is 0 Å². The highest BCUT2D eigenvalue weighted by atomic mass is 14.2. The maximum atomic E-state index is 2.24. The molecule has 0 bridgehead atoms. The number of rotatable bonds is 0. The zero-order chi connectivity index (χ0) is 13.4. The van der Waals surface area contributed by atoms with Gasteiger partial charge in [0.2, 0.25) is 0 Å². The van der Waals surface area contributed by atoms with Gasteiger partial charge in [-0.15, -0.1) is 0 Å². The van der Waals surface area contributed by atoms with Gasteiger partial charge in [-0.3, -0.25) is 0 Å². The number of hydrogen-bond donors (Lipinski definition) is 0. The van der Waals surface area contributed by atoms with Crippen molar-refractivity contribution in [2.45, 2.75) is 40.5 Å². The van der Waals surface area contributed by atoms with Gasteiger partial charge >= 0.3 is 0 Å². The third-order valence-corrected chi connectivity index (χ3v) is 2.99. The lowest BCUT2D eigenvalue weighted by Crippen LogP contribution is -2.02. The lowest BCUT2D eigenvalue weighted by atomic mass is 9.86. The van der Waals surface area contributed by atoms with Crippen molar-refractivity contribution in [1.29, 1.82) is 0 Å². The molecule has 18 heavy (non-hydrogen) atoms. The van der Waals surface area contributed by atoms with E-state index in [-0.39, 0.29) is 0 Å². The Morgan fingerprint density at radius 2 is 0.889 bits per heavy atom. The smallest absolute Gasteiger partial charge is 0.0149 e. The monoisotopic (exact) mass is 240 g/mol. The first-order valence-corrected chi connectivity index (χ1v) is 7.11. The molecule has 0 unspecified atom stereocenters. The fourth-order valence-electron chi connectivity index (χ4n) is 2.27. The van der Waals surface area contributed by atoms with E-state index in [2.05, 4.69) is 48.5 Å². The number of fused-ring (bicyclic) bond motifs is 3. The van der Waals surface area contributed by atoms with Crippen LogP contribution in [-0.4, -0.2) is 0 Å². The van der Waals surface area contributed by atoms with E-state index in [1.54, 1.807) is 0 Å². The largest absolute Gasteiger partial charge is 0.0683 e. The van der Waals surface area contributed by atoms with Crippen molar-refractivity contribution in [3.05, 3.63) is 59.7 Å². The summed E-state index contributed by atoms with van der Waals surface area (Å²) < 4.78 is 0. The molecule has 3 rings (SSSR count). The molecule has 0 spiro atoms. The number of benzene rings is 2. The van der Waals surface area contributed by atoms with Crippen LogP contribution in [0, 0.1) is 0 Å². The van der Waals surface area contributed by atoms with Gasteiger partial charge in [-0.25, -0.2) is 0 Å². The van der Waals surface area contributed by atoms with E-state index < -0.39 is 0 Å². The van der Waals surface area contributed by atoms with Crippen LogP contribution in [0.15, 0.2) is 48.5 Å². The summed E-state index contributed by atoms with van der Waals surface area (Å²) in [6.07, 6.45) is 2.38. The third-order valence-electron chi connectivity index (χ3n) is 2.99. The summed E-state index contributed by atoms with van der Waals surface area (Å²) in [6, 6.07) is 17.5. The van der Waals surface area contributed by atoms with Gasteiger partial charge in [0.1, 0.15) is 0 Å². The molecule has 0 nitrogen and oxygen atoms in total. The quantitative estimate of drug-likeness (QED) is 0.570. The lowest BCUT2D eigenvalue weighted by Gasteiger charge is -2.19. The van der Waals surface area contributed by atoms with Gasteiger partial charge in [-0.2, -0.15) is 0 Å². The van der Waals surface area contributed by atoms with Gasteiger partial charge < -0.3 is 0 Å². The average Bonchev–Trinajstić information content (AvgIpc) is 2.51. The molecule has 0 heteroatoms. The summed E-state index contributed by atoms with van der Waals surface area (Å²) >= 11 is 0. The minimum Gasteiger partial charge on any atom is -0.0683 e. The van der Waals surface area contributed by atoms with Gasteiger partial charge in [0.15, 0.2) is 0 Å². The Bertz CT molecular complexity index is 423. The molecule has 1 aliphatic carbocycles. The molecule has 0 heterocycles. The molecule has 0 atom stereocenters. The Hall–Kier alpha value is -1.56. The summed E-state index contributed by atoms with van der Waals surface area (Å²) in [4.78, 5) is 0. The highest BCUT2D eigenvalue weighted by molar-refractivity contribution is 5.72. The molecule has 2 aromatic rings. The molecule has 0 aliphatic heterocycles. The van der Waals surface area contributed by atoms with Gasteiger partial charge in [0.25, 0.3) is 0 Å². The molecule has 0 saturated carbocycles. The second kappa shape index (κ2) is 7.71. The van der Waals surface area contributed by atoms with Crippen LogP contribution in [0.5, 0.6) is 0 Å². The zero-order valence-corrected chi connectivity index (χ0v) is 12.0. The van der Waals surface area contributed by atoms with Crippen LogP contribution in [-0.2, 0) is 12.8 Å². The Labute approximate surface area is 112 Å². The zero-order valence-electron chi connectivity index (χ0n) is 12.0. The van der Waals surface area contributed by atoms with Gasteiger partial charge in [0.05, 0.1) is 0 Å². The minimum atomic E-state index is 1.19. The van der Waals surface area contributed by atoms with Crippen LogP contribution >= 0.6 is 0 Å². The third kappa shape index (κ3) is 3.01. The summed E-state index contributed by atoms with van der Waals surface area (Å²) in [7, 11) is 0. The summed E-state index contributed by atoms with van der Waals surface area (Å²) in [6.45, 7) is 8.00. The van der Waals surface area contributed by atoms with E-state index in [1.807, 2.05) is 27.7 Å². The molecular formula is C18H24. The fourth-order valence-corrected chi connectivity index (χ4v) is 2.27. The van der Waals surface area contributed by atoms with Crippen molar-refractivity contribution in [2.24, 2.45) is 0 Å². The molecule has 0 fully saturated rings. The standard InChI is InChI=1S/C14H12.2C2H6/c1-3-7-13-11(5-1)9-10-12-6-2-4-8-14(12)13;2*1-2/h1-8H,9-10H2;2*1-2H3. The van der Waals surface area contributed by atoms with Crippen molar-refractivity contribution in [3.63, 3.8) is 0 Å². The average molecular weight is 240 g/mol. The van der Waals surface area contributed by atoms with Crippen molar-refractivity contribution in [3.8, 4) is 11.1 Å². The first-order valence-electron chi connectivity index (χ1n) is 7.11. The summed E-state index contributed by atoms with van der Waals surface area (Å²) in [5.41, 5.74) is 5.83. The minimum absolute atomic E-state index is 1.19. The van der Waals surface area contributed by atoms with Gasteiger partial charge in [-0.1, -0.05) is 76.2 Å². The highest BCUT2D eigenvalue weighted by Gasteiger charge is 2.13. The molecule has 0 saturated heterocycles.